The lowest BCUT2D eigenvalue weighted by molar-refractivity contribution is -0.143. The summed E-state index contributed by atoms with van der Waals surface area (Å²) in [7, 11) is -3.68. The van der Waals surface area contributed by atoms with Gasteiger partial charge in [-0.1, -0.05) is 30.7 Å². The molecular weight excluding hydrogens is 552 g/mol. The number of carbonyl (C=O) groups is 1. The number of unbranched alkanes of at least 4 members (excludes halogenated alkanes) is 2. The van der Waals surface area contributed by atoms with Gasteiger partial charge in [-0.15, -0.1) is 0 Å². The summed E-state index contributed by atoms with van der Waals surface area (Å²) in [6.45, 7) is 3.97. The van der Waals surface area contributed by atoms with Crippen molar-refractivity contribution in [2.75, 3.05) is 29.8 Å². The van der Waals surface area contributed by atoms with Gasteiger partial charge in [0.15, 0.2) is 0 Å². The number of nitrogens with zero attached hydrogens (tertiary/aromatic N) is 1. The molecule has 4 N–H and O–H groups in total. The Kier molecular flexibility index (Phi) is 9.33. The molecule has 0 bridgehead atoms. The summed E-state index contributed by atoms with van der Waals surface area (Å²) in [5.41, 5.74) is 8.87. The number of sulfonamides is 1. The summed E-state index contributed by atoms with van der Waals surface area (Å²) in [6.07, 6.45) is 4.51. The van der Waals surface area contributed by atoms with Crippen molar-refractivity contribution in [2.24, 2.45) is 5.73 Å². The van der Waals surface area contributed by atoms with Crippen LogP contribution in [-0.4, -0.2) is 51.8 Å². The minimum absolute atomic E-state index is 0.0102. The van der Waals surface area contributed by atoms with Gasteiger partial charge in [0.2, 0.25) is 10.0 Å². The number of hydrogen-bond donors (Lipinski definition) is 3. The second-order valence-corrected chi connectivity index (χ2v) is 13.0. The second-order valence-electron chi connectivity index (χ2n) is 11.0. The molecule has 3 aromatic rings. The van der Waals surface area contributed by atoms with Gasteiger partial charge in [-0.2, -0.15) is 0 Å². The monoisotopic (exact) mass is 592 g/mol. The van der Waals surface area contributed by atoms with Crippen LogP contribution in [0.3, 0.4) is 0 Å². The van der Waals surface area contributed by atoms with E-state index in [2.05, 4.69) is 5.32 Å². The van der Waals surface area contributed by atoms with Gasteiger partial charge in [0.05, 0.1) is 24.1 Å². The Morgan fingerprint density at radius 1 is 1.02 bits per heavy atom. The van der Waals surface area contributed by atoms with E-state index in [1.807, 2.05) is 54.6 Å². The summed E-state index contributed by atoms with van der Waals surface area (Å²) in [4.78, 5) is 11.7. The Labute approximate surface area is 247 Å². The van der Waals surface area contributed by atoms with Gasteiger partial charge in [0.1, 0.15) is 17.7 Å². The van der Waals surface area contributed by atoms with E-state index in [-0.39, 0.29) is 23.7 Å². The smallest absolute Gasteiger partial charge is 0.305 e. The van der Waals surface area contributed by atoms with Crippen LogP contribution < -0.4 is 20.1 Å². The van der Waals surface area contributed by atoms with Gasteiger partial charge < -0.3 is 20.5 Å². The largest absolute Gasteiger partial charge is 0.490 e. The van der Waals surface area contributed by atoms with Crippen LogP contribution in [0.1, 0.15) is 68.2 Å². The predicted molar refractivity (Wildman–Crippen MR) is 166 cm³/mol. The number of rotatable bonds is 12. The summed E-state index contributed by atoms with van der Waals surface area (Å²) < 4.78 is 40.7. The fourth-order valence-electron chi connectivity index (χ4n) is 5.88. The highest BCUT2D eigenvalue weighted by Crippen LogP contribution is 2.44. The molecule has 1 saturated heterocycles. The van der Waals surface area contributed by atoms with E-state index >= 15 is 0 Å². The lowest BCUT2D eigenvalue weighted by Crippen LogP contribution is -2.34. The second kappa shape index (κ2) is 13.1. The number of nitrogens with two attached hydrogens (primary N) is 1. The van der Waals surface area contributed by atoms with Crippen molar-refractivity contribution < 1.29 is 22.7 Å². The maximum Gasteiger partial charge on any atom is 0.305 e. The molecule has 0 saturated carbocycles. The van der Waals surface area contributed by atoms with Gasteiger partial charge in [-0.25, -0.2) is 8.42 Å². The average molecular weight is 593 g/mol. The van der Waals surface area contributed by atoms with E-state index < -0.39 is 16.1 Å². The highest BCUT2D eigenvalue weighted by molar-refractivity contribution is 7.92. The third kappa shape index (κ3) is 6.87. The van der Waals surface area contributed by atoms with Crippen LogP contribution in [0.4, 0.5) is 5.69 Å². The van der Waals surface area contributed by atoms with Crippen LogP contribution in [0, 0.1) is 5.41 Å². The number of esters is 1. The topological polar surface area (TPSA) is 135 Å². The lowest BCUT2D eigenvalue weighted by atomic mass is 9.98. The zero-order valence-electron chi connectivity index (χ0n) is 24.1. The standard InChI is InChI=1S/C32H40N4O5S/c1-2-40-31(37)6-4-3-5-17-42(38,39)36-29-12-11-28(41-27-13-15-35-16-14-27)20-26(29)21-30(36)23-9-7-22-8-10-24(32(33)34)19-25(22)18-23/h7-12,18-20,27,30,35H,2-6,13-17,21H2,1H3,(H3,33,34). The fourth-order valence-corrected chi connectivity index (χ4v) is 7.70. The summed E-state index contributed by atoms with van der Waals surface area (Å²) in [5, 5.41) is 13.1. The average Bonchev–Trinajstić information content (AvgIpc) is 3.37. The van der Waals surface area contributed by atoms with E-state index in [0.29, 0.717) is 50.0 Å². The van der Waals surface area contributed by atoms with Crippen LogP contribution in [0.15, 0.2) is 54.6 Å². The molecule has 2 aliphatic rings. The quantitative estimate of drug-likeness (QED) is 0.119. The molecular formula is C32H40N4O5S. The molecule has 1 unspecified atom stereocenters. The lowest BCUT2D eigenvalue weighted by Gasteiger charge is -2.28. The van der Waals surface area contributed by atoms with Crippen LogP contribution >= 0.6 is 0 Å². The first kappa shape index (κ1) is 29.8. The number of fused-ring (bicyclic) bond motifs is 2. The third-order valence-corrected chi connectivity index (χ3v) is 9.88. The molecule has 5 rings (SSSR count). The molecule has 10 heteroatoms. The number of anilines is 1. The Morgan fingerprint density at radius 2 is 1.81 bits per heavy atom. The third-order valence-electron chi connectivity index (χ3n) is 8.02. The van der Waals surface area contributed by atoms with Crippen molar-refractivity contribution in [3.8, 4) is 5.75 Å². The molecule has 0 aromatic heterocycles. The Balaban J connectivity index is 1.41. The molecule has 1 atom stereocenters. The van der Waals surface area contributed by atoms with Gasteiger partial charge in [-0.05, 0) is 97.9 Å². The first-order valence-electron chi connectivity index (χ1n) is 14.8. The van der Waals surface area contributed by atoms with Crippen molar-refractivity contribution in [1.29, 1.82) is 5.41 Å². The molecule has 1 fully saturated rings. The molecule has 2 heterocycles. The van der Waals surface area contributed by atoms with Gasteiger partial charge in [0, 0.05) is 18.4 Å². The maximum atomic E-state index is 13.9. The molecule has 2 aliphatic heterocycles. The summed E-state index contributed by atoms with van der Waals surface area (Å²) in [5.74, 6) is 0.494. The van der Waals surface area contributed by atoms with Crippen molar-refractivity contribution in [1.82, 2.24) is 5.32 Å². The molecule has 0 amide bonds. The number of amidine groups is 1. The molecule has 42 heavy (non-hydrogen) atoms. The van der Waals surface area contributed by atoms with Crippen molar-refractivity contribution >= 4 is 38.3 Å². The number of carbonyl (C=O) groups excluding carboxylic acids is 1. The molecule has 0 spiro atoms. The Bertz CT molecular complexity index is 1550. The van der Waals surface area contributed by atoms with E-state index in [9.17, 15) is 13.2 Å². The SMILES string of the molecule is CCOC(=O)CCCCCS(=O)(=O)N1c2ccc(OC3CCNCC3)cc2CC1c1ccc2ccc(C(=N)N)cc2c1. The minimum Gasteiger partial charge on any atom is -0.490 e. The first-order chi connectivity index (χ1) is 20.2. The highest BCUT2D eigenvalue weighted by Gasteiger charge is 2.38. The van der Waals surface area contributed by atoms with E-state index in [1.165, 1.54) is 0 Å². The van der Waals surface area contributed by atoms with Crippen molar-refractivity contribution in [3.05, 3.63) is 71.3 Å². The van der Waals surface area contributed by atoms with Gasteiger partial charge >= 0.3 is 5.97 Å². The van der Waals surface area contributed by atoms with Gasteiger partial charge in [-0.3, -0.25) is 14.5 Å². The molecule has 224 valence electrons. The molecule has 0 radical (unpaired) electrons. The highest BCUT2D eigenvalue weighted by atomic mass is 32.2. The van der Waals surface area contributed by atoms with Crippen molar-refractivity contribution in [3.63, 3.8) is 0 Å². The predicted octanol–water partition coefficient (Wildman–Crippen LogP) is 4.81. The van der Waals surface area contributed by atoms with Crippen LogP contribution in [0.25, 0.3) is 10.8 Å². The Hall–Kier alpha value is -3.63. The van der Waals surface area contributed by atoms with E-state index in [0.717, 1.165) is 53.6 Å². The zero-order valence-corrected chi connectivity index (χ0v) is 24.9. The molecule has 3 aromatic carbocycles. The summed E-state index contributed by atoms with van der Waals surface area (Å²) in [6, 6.07) is 16.9. The Morgan fingerprint density at radius 3 is 2.57 bits per heavy atom. The van der Waals surface area contributed by atoms with Crippen LogP contribution in [-0.2, 0) is 26.0 Å². The first-order valence-corrected chi connectivity index (χ1v) is 16.4. The zero-order chi connectivity index (χ0) is 29.7. The van der Waals surface area contributed by atoms with E-state index in [1.54, 1.807) is 11.2 Å². The summed E-state index contributed by atoms with van der Waals surface area (Å²) >= 11 is 0. The molecule has 0 aliphatic carbocycles. The number of nitrogens with one attached hydrogen (secondary N) is 2. The number of hydrogen-bond acceptors (Lipinski definition) is 7. The van der Waals surface area contributed by atoms with Crippen LogP contribution in [0.2, 0.25) is 0 Å². The number of nitrogen functional groups attached to an aromatic ring is 1. The minimum atomic E-state index is -3.68. The normalized spacial score (nSPS) is 17.3. The van der Waals surface area contributed by atoms with Gasteiger partial charge in [0.25, 0.3) is 0 Å². The number of benzene rings is 3. The van der Waals surface area contributed by atoms with Crippen molar-refractivity contribution in [2.45, 2.75) is 64.0 Å². The van der Waals surface area contributed by atoms with Crippen LogP contribution in [0.5, 0.6) is 5.75 Å². The number of piperidine rings is 1. The fraction of sp³-hybridized carbons (Fsp3) is 0.438. The van der Waals surface area contributed by atoms with E-state index in [4.69, 9.17) is 20.6 Å². The maximum absolute atomic E-state index is 13.9. The number of ether oxygens (including phenoxy) is 2. The molecule has 9 nitrogen and oxygen atoms in total.